The van der Waals surface area contributed by atoms with E-state index in [1.54, 1.807) is 0 Å². The van der Waals surface area contributed by atoms with Crippen LogP contribution in [0, 0.1) is 10.1 Å². The Balaban J connectivity index is 2.59. The first-order valence-electron chi connectivity index (χ1n) is 3.65. The van der Waals surface area contributed by atoms with Gasteiger partial charge < -0.3 is 4.74 Å². The van der Waals surface area contributed by atoms with E-state index in [0.29, 0.717) is 15.5 Å². The fraction of sp³-hybridized carbons (Fsp3) is 0.143. The van der Waals surface area contributed by atoms with Crippen molar-refractivity contribution in [3.05, 3.63) is 22.4 Å². The summed E-state index contributed by atoms with van der Waals surface area (Å²) in [6.07, 6.45) is 1.18. The molecule has 0 unspecified atom stereocenters. The molecule has 14 heavy (non-hydrogen) atoms. The van der Waals surface area contributed by atoms with Crippen molar-refractivity contribution in [3.8, 4) is 5.19 Å². The summed E-state index contributed by atoms with van der Waals surface area (Å²) in [5, 5.41) is 10.9. The maximum absolute atomic E-state index is 10.4. The van der Waals surface area contributed by atoms with Gasteiger partial charge >= 0.3 is 0 Å². The molecule has 0 saturated carbocycles. The summed E-state index contributed by atoms with van der Waals surface area (Å²) < 4.78 is 5.55. The van der Waals surface area contributed by atoms with Gasteiger partial charge in [0.15, 0.2) is 5.65 Å². The molecule has 0 radical (unpaired) electrons. The van der Waals surface area contributed by atoms with Gasteiger partial charge in [-0.2, -0.15) is 4.98 Å². The molecule has 0 aromatic carbocycles. The highest BCUT2D eigenvalue weighted by molar-refractivity contribution is 7.20. The zero-order valence-electron chi connectivity index (χ0n) is 7.13. The summed E-state index contributed by atoms with van der Waals surface area (Å²) >= 11 is 1.23. The number of ether oxygens (including phenoxy) is 1. The number of aromatic nitrogens is 2. The van der Waals surface area contributed by atoms with Crippen LogP contribution in [0.3, 0.4) is 0 Å². The van der Waals surface area contributed by atoms with Gasteiger partial charge in [-0.05, 0) is 0 Å². The van der Waals surface area contributed by atoms with Gasteiger partial charge in [0.2, 0.25) is 0 Å². The number of nitro groups is 1. The lowest BCUT2D eigenvalue weighted by molar-refractivity contribution is -0.385. The molecule has 0 atom stereocenters. The van der Waals surface area contributed by atoms with Crippen LogP contribution in [0.5, 0.6) is 5.19 Å². The lowest BCUT2D eigenvalue weighted by Gasteiger charge is -1.88. The average molecular weight is 211 g/mol. The summed E-state index contributed by atoms with van der Waals surface area (Å²) in [6, 6.07) is 1.43. The minimum Gasteiger partial charge on any atom is -0.473 e. The fourth-order valence-electron chi connectivity index (χ4n) is 0.977. The zero-order chi connectivity index (χ0) is 10.1. The number of fused-ring (bicyclic) bond motifs is 1. The number of hydrogen-bond donors (Lipinski definition) is 0. The lowest BCUT2D eigenvalue weighted by atomic mass is 10.4. The van der Waals surface area contributed by atoms with Crippen molar-refractivity contribution >= 4 is 27.4 Å². The minimum absolute atomic E-state index is 0.0381. The van der Waals surface area contributed by atoms with Crippen molar-refractivity contribution in [1.29, 1.82) is 0 Å². The molecule has 0 fully saturated rings. The molecule has 6 nitrogen and oxygen atoms in total. The second-order valence-corrected chi connectivity index (χ2v) is 3.45. The van der Waals surface area contributed by atoms with E-state index in [0.717, 1.165) is 0 Å². The molecular formula is C7H5N3O3S. The smallest absolute Gasteiger partial charge is 0.289 e. The van der Waals surface area contributed by atoms with Crippen molar-refractivity contribution in [2.45, 2.75) is 0 Å². The Kier molecular flexibility index (Phi) is 2.01. The number of rotatable bonds is 2. The monoisotopic (exact) mass is 211 g/mol. The topological polar surface area (TPSA) is 78.2 Å². The van der Waals surface area contributed by atoms with E-state index in [4.69, 9.17) is 4.74 Å². The Morgan fingerprint density at radius 1 is 1.64 bits per heavy atom. The van der Waals surface area contributed by atoms with Gasteiger partial charge in [-0.15, -0.1) is 0 Å². The van der Waals surface area contributed by atoms with Crippen LogP contribution in [0.4, 0.5) is 5.69 Å². The fourth-order valence-corrected chi connectivity index (χ4v) is 1.75. The predicted molar refractivity (Wildman–Crippen MR) is 50.6 cm³/mol. The van der Waals surface area contributed by atoms with E-state index in [1.807, 2.05) is 0 Å². The van der Waals surface area contributed by atoms with Gasteiger partial charge in [-0.25, -0.2) is 4.98 Å². The molecule has 2 rings (SSSR count). The second-order valence-electron chi connectivity index (χ2n) is 2.46. The highest BCUT2D eigenvalue weighted by Gasteiger charge is 2.11. The van der Waals surface area contributed by atoms with Crippen molar-refractivity contribution in [2.75, 3.05) is 7.11 Å². The lowest BCUT2D eigenvalue weighted by Crippen LogP contribution is -1.88. The Morgan fingerprint density at radius 2 is 2.43 bits per heavy atom. The maximum atomic E-state index is 10.4. The highest BCUT2D eigenvalue weighted by Crippen LogP contribution is 2.28. The number of thiazole rings is 1. The van der Waals surface area contributed by atoms with Gasteiger partial charge in [0.25, 0.3) is 10.9 Å². The SMILES string of the molecule is COc1nc2ncc([N+](=O)[O-])cc2s1. The second kappa shape index (κ2) is 3.18. The normalized spacial score (nSPS) is 10.4. The van der Waals surface area contributed by atoms with Gasteiger partial charge in [0.05, 0.1) is 16.7 Å². The first-order valence-corrected chi connectivity index (χ1v) is 4.47. The minimum atomic E-state index is -0.487. The third-order valence-electron chi connectivity index (χ3n) is 1.60. The van der Waals surface area contributed by atoms with Crippen LogP contribution in [-0.2, 0) is 0 Å². The van der Waals surface area contributed by atoms with Crippen molar-refractivity contribution in [2.24, 2.45) is 0 Å². The molecule has 0 aliphatic heterocycles. The van der Waals surface area contributed by atoms with Crippen LogP contribution in [0.2, 0.25) is 0 Å². The summed E-state index contributed by atoms with van der Waals surface area (Å²) in [4.78, 5) is 17.8. The summed E-state index contributed by atoms with van der Waals surface area (Å²) in [7, 11) is 1.49. The molecule has 0 N–H and O–H groups in total. The molecule has 0 saturated heterocycles. The Bertz CT molecular complexity index is 496. The molecule has 0 spiro atoms. The van der Waals surface area contributed by atoms with Crippen LogP contribution in [-0.4, -0.2) is 22.0 Å². The maximum Gasteiger partial charge on any atom is 0.289 e. The molecular weight excluding hydrogens is 206 g/mol. The van der Waals surface area contributed by atoms with Gasteiger partial charge in [-0.3, -0.25) is 10.1 Å². The van der Waals surface area contributed by atoms with E-state index in [-0.39, 0.29) is 5.69 Å². The van der Waals surface area contributed by atoms with E-state index >= 15 is 0 Å². The van der Waals surface area contributed by atoms with Crippen LogP contribution < -0.4 is 4.74 Å². The largest absolute Gasteiger partial charge is 0.473 e. The Morgan fingerprint density at radius 3 is 3.07 bits per heavy atom. The summed E-state index contributed by atoms with van der Waals surface area (Å²) in [5.74, 6) is 0. The van der Waals surface area contributed by atoms with Crippen molar-refractivity contribution in [1.82, 2.24) is 9.97 Å². The summed E-state index contributed by atoms with van der Waals surface area (Å²) in [6.45, 7) is 0. The first kappa shape index (κ1) is 8.82. The average Bonchev–Trinajstić information content (AvgIpc) is 2.58. The van der Waals surface area contributed by atoms with Gasteiger partial charge in [0, 0.05) is 6.07 Å². The number of pyridine rings is 1. The standard InChI is InChI=1S/C7H5N3O3S/c1-13-7-9-6-5(14-7)2-4(3-8-6)10(11)12/h2-3H,1H3. The molecule has 0 amide bonds. The van der Waals surface area contributed by atoms with E-state index in [1.165, 1.54) is 30.7 Å². The third-order valence-corrected chi connectivity index (χ3v) is 2.55. The summed E-state index contributed by atoms with van der Waals surface area (Å²) in [5.41, 5.74) is 0.432. The molecule has 0 aliphatic carbocycles. The van der Waals surface area contributed by atoms with Gasteiger partial charge in [-0.1, -0.05) is 11.3 Å². The van der Waals surface area contributed by atoms with E-state index in [2.05, 4.69) is 9.97 Å². The van der Waals surface area contributed by atoms with Crippen LogP contribution in [0.15, 0.2) is 12.3 Å². The molecule has 2 aromatic heterocycles. The molecule has 7 heteroatoms. The molecule has 0 aliphatic rings. The van der Waals surface area contributed by atoms with Crippen LogP contribution in [0.25, 0.3) is 10.3 Å². The predicted octanol–water partition coefficient (Wildman–Crippen LogP) is 1.61. The first-order chi connectivity index (χ1) is 6.70. The molecule has 2 aromatic rings. The van der Waals surface area contributed by atoms with Crippen molar-refractivity contribution < 1.29 is 9.66 Å². The Hall–Kier alpha value is -1.76. The number of methoxy groups -OCH3 is 1. The van der Waals surface area contributed by atoms with Crippen LogP contribution in [0.1, 0.15) is 0 Å². The van der Waals surface area contributed by atoms with Crippen molar-refractivity contribution in [3.63, 3.8) is 0 Å². The quantitative estimate of drug-likeness (QED) is 0.557. The molecule has 2 heterocycles. The van der Waals surface area contributed by atoms with E-state index < -0.39 is 4.92 Å². The van der Waals surface area contributed by atoms with Gasteiger partial charge in [0.1, 0.15) is 6.20 Å². The van der Waals surface area contributed by atoms with E-state index in [9.17, 15) is 10.1 Å². The molecule has 72 valence electrons. The number of nitrogens with zero attached hydrogens (tertiary/aromatic N) is 3. The third kappa shape index (κ3) is 1.37. The Labute approximate surface area is 82.3 Å². The highest BCUT2D eigenvalue weighted by atomic mass is 32.1. The number of hydrogen-bond acceptors (Lipinski definition) is 6. The molecule has 0 bridgehead atoms. The van der Waals surface area contributed by atoms with Crippen LogP contribution >= 0.6 is 11.3 Å². The zero-order valence-corrected chi connectivity index (χ0v) is 7.95.